The summed E-state index contributed by atoms with van der Waals surface area (Å²) in [5.74, 6) is -1.25. The summed E-state index contributed by atoms with van der Waals surface area (Å²) in [5.41, 5.74) is 0.501. The normalized spacial score (nSPS) is 10.3. The molecule has 0 aliphatic carbocycles. The third-order valence-electron chi connectivity index (χ3n) is 1.95. The number of hydrogen-bond acceptors (Lipinski definition) is 5. The maximum atomic E-state index is 13.0. The van der Waals surface area contributed by atoms with Gasteiger partial charge >= 0.3 is 11.9 Å². The lowest BCUT2D eigenvalue weighted by molar-refractivity contribution is 0.0556. The number of hydrogen-bond donors (Lipinski definition) is 0. The maximum absolute atomic E-state index is 13.0. The molecule has 5 nitrogen and oxygen atoms in total. The first-order valence-corrected chi connectivity index (χ1v) is 5.28. The van der Waals surface area contributed by atoms with Crippen molar-refractivity contribution in [1.82, 2.24) is 10.2 Å². The average molecular weight is 301 g/mol. The summed E-state index contributed by atoms with van der Waals surface area (Å²) >= 11 is 3.04. The van der Waals surface area contributed by atoms with Gasteiger partial charge in [-0.15, -0.1) is 10.2 Å². The van der Waals surface area contributed by atoms with Crippen molar-refractivity contribution in [3.63, 3.8) is 0 Å². The van der Waals surface area contributed by atoms with Crippen molar-refractivity contribution >= 4 is 21.9 Å². The van der Waals surface area contributed by atoms with Crippen LogP contribution in [0, 0.1) is 5.82 Å². The van der Waals surface area contributed by atoms with E-state index in [1.54, 1.807) is 0 Å². The zero-order chi connectivity index (χ0) is 12.4. The fourth-order valence-corrected chi connectivity index (χ4v) is 1.52. The minimum atomic E-state index is -0.718. The molecule has 0 saturated carbocycles. The number of aromatic nitrogens is 2. The summed E-state index contributed by atoms with van der Waals surface area (Å²) in [6.45, 7) is 0. The topological polar surface area (TPSA) is 65.2 Å². The predicted octanol–water partition coefficient (Wildman–Crippen LogP) is 2.42. The predicted molar refractivity (Wildman–Crippen MR) is 58.7 cm³/mol. The first kappa shape index (κ1) is 11.7. The highest BCUT2D eigenvalue weighted by Crippen LogP contribution is 2.24. The van der Waals surface area contributed by atoms with Gasteiger partial charge < -0.3 is 9.15 Å². The number of esters is 1. The van der Waals surface area contributed by atoms with Gasteiger partial charge in [0.15, 0.2) is 0 Å². The Bertz CT molecular complexity index is 570. The first-order valence-electron chi connectivity index (χ1n) is 4.49. The van der Waals surface area contributed by atoms with Gasteiger partial charge in [0.1, 0.15) is 5.82 Å². The van der Waals surface area contributed by atoms with Crippen LogP contribution in [0.4, 0.5) is 4.39 Å². The summed E-state index contributed by atoms with van der Waals surface area (Å²) in [5, 5.41) is 7.18. The van der Waals surface area contributed by atoms with E-state index in [0.717, 1.165) is 0 Å². The first-order chi connectivity index (χ1) is 8.11. The second kappa shape index (κ2) is 4.62. The fraction of sp³-hybridized carbons (Fsp3) is 0.100. The highest BCUT2D eigenvalue weighted by Gasteiger charge is 2.16. The van der Waals surface area contributed by atoms with Crippen molar-refractivity contribution in [3.8, 4) is 11.5 Å². The Balaban J connectivity index is 2.37. The van der Waals surface area contributed by atoms with Crippen LogP contribution < -0.4 is 0 Å². The monoisotopic (exact) mass is 300 g/mol. The number of nitrogens with zero attached hydrogens (tertiary/aromatic N) is 2. The zero-order valence-corrected chi connectivity index (χ0v) is 10.2. The molecule has 1 aromatic heterocycles. The Hall–Kier alpha value is -1.76. The van der Waals surface area contributed by atoms with Gasteiger partial charge in [-0.05, 0) is 34.1 Å². The molecule has 0 aliphatic heterocycles. The summed E-state index contributed by atoms with van der Waals surface area (Å²) in [6.07, 6.45) is 0. The third kappa shape index (κ3) is 2.33. The lowest BCUT2D eigenvalue weighted by atomic mass is 10.2. The van der Waals surface area contributed by atoms with Crippen LogP contribution in [-0.2, 0) is 4.74 Å². The lowest BCUT2D eigenvalue weighted by Gasteiger charge is -1.97. The molecule has 1 aromatic carbocycles. The lowest BCUT2D eigenvalue weighted by Crippen LogP contribution is -2.00. The van der Waals surface area contributed by atoms with Gasteiger partial charge in [-0.2, -0.15) is 0 Å². The number of carbonyl (C=O) groups excluding carboxylic acids is 1. The van der Waals surface area contributed by atoms with Crippen molar-refractivity contribution in [3.05, 3.63) is 34.4 Å². The Morgan fingerprint density at radius 3 is 2.88 bits per heavy atom. The van der Waals surface area contributed by atoms with Gasteiger partial charge in [-0.3, -0.25) is 0 Å². The van der Waals surface area contributed by atoms with E-state index in [-0.39, 0.29) is 16.3 Å². The fourth-order valence-electron chi connectivity index (χ4n) is 1.14. The van der Waals surface area contributed by atoms with E-state index in [2.05, 4.69) is 30.9 Å². The molecule has 0 atom stereocenters. The van der Waals surface area contributed by atoms with Crippen LogP contribution in [0.5, 0.6) is 0 Å². The molecule has 0 bridgehead atoms. The molecule has 0 N–H and O–H groups in total. The Morgan fingerprint density at radius 2 is 2.24 bits per heavy atom. The molecule has 7 heteroatoms. The molecule has 2 rings (SSSR count). The number of ether oxygens (including phenoxy) is 1. The molecule has 0 amide bonds. The van der Waals surface area contributed by atoms with E-state index >= 15 is 0 Å². The van der Waals surface area contributed by atoms with Crippen molar-refractivity contribution in [2.24, 2.45) is 0 Å². The molecule has 0 saturated heterocycles. The van der Waals surface area contributed by atoms with Crippen molar-refractivity contribution in [1.29, 1.82) is 0 Å². The molecule has 0 aliphatic rings. The summed E-state index contributed by atoms with van der Waals surface area (Å²) in [7, 11) is 1.21. The Kier molecular flexibility index (Phi) is 3.19. The molecule has 88 valence electrons. The van der Waals surface area contributed by atoms with Crippen LogP contribution in [0.25, 0.3) is 11.5 Å². The van der Waals surface area contributed by atoms with E-state index in [0.29, 0.717) is 5.56 Å². The van der Waals surface area contributed by atoms with Crippen LogP contribution in [-0.4, -0.2) is 23.3 Å². The van der Waals surface area contributed by atoms with Gasteiger partial charge in [0.2, 0.25) is 5.89 Å². The number of halogens is 2. The Morgan fingerprint density at radius 1 is 1.47 bits per heavy atom. The quantitative estimate of drug-likeness (QED) is 0.797. The standard InChI is InChI=1S/C10H6BrFN2O3/c1-16-10(15)9-14-13-8(17-9)5-2-3-7(12)6(11)4-5/h2-4H,1H3. The van der Waals surface area contributed by atoms with Crippen molar-refractivity contribution < 1.29 is 18.3 Å². The van der Waals surface area contributed by atoms with E-state index in [1.165, 1.54) is 25.3 Å². The Labute approximate surface area is 104 Å². The summed E-state index contributed by atoms with van der Waals surface area (Å²) < 4.78 is 22.8. The highest BCUT2D eigenvalue weighted by atomic mass is 79.9. The summed E-state index contributed by atoms with van der Waals surface area (Å²) in [6, 6.07) is 4.19. The number of methoxy groups -OCH3 is 1. The van der Waals surface area contributed by atoms with Gasteiger partial charge in [-0.25, -0.2) is 9.18 Å². The smallest absolute Gasteiger partial charge is 0.396 e. The van der Waals surface area contributed by atoms with Crippen LogP contribution >= 0.6 is 15.9 Å². The molecule has 0 fully saturated rings. The molecule has 17 heavy (non-hydrogen) atoms. The van der Waals surface area contributed by atoms with Crippen LogP contribution in [0.3, 0.4) is 0 Å². The minimum absolute atomic E-state index is 0.117. The van der Waals surface area contributed by atoms with Gasteiger partial charge in [0.25, 0.3) is 0 Å². The SMILES string of the molecule is COC(=O)c1nnc(-c2ccc(F)c(Br)c2)o1. The van der Waals surface area contributed by atoms with Crippen LogP contribution in [0.1, 0.15) is 10.7 Å². The zero-order valence-electron chi connectivity index (χ0n) is 8.61. The maximum Gasteiger partial charge on any atom is 0.396 e. The van der Waals surface area contributed by atoms with E-state index in [9.17, 15) is 9.18 Å². The van der Waals surface area contributed by atoms with Crippen LogP contribution in [0.15, 0.2) is 27.1 Å². The molecule has 0 spiro atoms. The third-order valence-corrected chi connectivity index (χ3v) is 2.56. The molecular formula is C10H6BrFN2O3. The van der Waals surface area contributed by atoms with E-state index in [4.69, 9.17) is 4.42 Å². The van der Waals surface area contributed by atoms with Crippen molar-refractivity contribution in [2.75, 3.05) is 7.11 Å². The van der Waals surface area contributed by atoms with Gasteiger partial charge in [-0.1, -0.05) is 0 Å². The molecule has 0 radical (unpaired) electrons. The average Bonchev–Trinajstić information content (AvgIpc) is 2.81. The second-order valence-electron chi connectivity index (χ2n) is 3.03. The van der Waals surface area contributed by atoms with Gasteiger partial charge in [0.05, 0.1) is 11.6 Å². The van der Waals surface area contributed by atoms with E-state index in [1.807, 2.05) is 0 Å². The second-order valence-corrected chi connectivity index (χ2v) is 3.89. The largest absolute Gasteiger partial charge is 0.462 e. The van der Waals surface area contributed by atoms with E-state index < -0.39 is 11.8 Å². The molecule has 1 heterocycles. The number of benzene rings is 1. The minimum Gasteiger partial charge on any atom is -0.462 e. The number of carbonyl (C=O) groups is 1. The molecule has 0 unspecified atom stereocenters. The summed E-state index contributed by atoms with van der Waals surface area (Å²) in [4.78, 5) is 11.1. The highest BCUT2D eigenvalue weighted by molar-refractivity contribution is 9.10. The van der Waals surface area contributed by atoms with Crippen LogP contribution in [0.2, 0.25) is 0 Å². The van der Waals surface area contributed by atoms with Gasteiger partial charge in [0, 0.05) is 5.56 Å². The number of rotatable bonds is 2. The molecular weight excluding hydrogens is 295 g/mol. The van der Waals surface area contributed by atoms with Crippen molar-refractivity contribution in [2.45, 2.75) is 0 Å². The molecule has 2 aromatic rings.